The van der Waals surface area contributed by atoms with Crippen molar-refractivity contribution >= 4 is 24.0 Å². The van der Waals surface area contributed by atoms with E-state index in [9.17, 15) is 9.18 Å². The summed E-state index contributed by atoms with van der Waals surface area (Å²) in [7, 11) is 0. The summed E-state index contributed by atoms with van der Waals surface area (Å²) in [4.78, 5) is 12.1. The second-order valence-electron chi connectivity index (χ2n) is 4.42. The maximum absolute atomic E-state index is 12.8. The van der Waals surface area contributed by atoms with Crippen LogP contribution in [0.15, 0.2) is 24.3 Å². The van der Waals surface area contributed by atoms with Gasteiger partial charge in [0.2, 0.25) is 0 Å². The molecule has 0 unspecified atom stereocenters. The van der Waals surface area contributed by atoms with E-state index >= 15 is 0 Å². The smallest absolute Gasteiger partial charge is 0.276 e. The molecule has 106 valence electrons. The Balaban J connectivity index is 0.00000147. The summed E-state index contributed by atoms with van der Waals surface area (Å²) < 4.78 is 12.8. The third kappa shape index (κ3) is 2.81. The van der Waals surface area contributed by atoms with Gasteiger partial charge in [-0.05, 0) is 24.3 Å². The minimum atomic E-state index is -0.334. The zero-order valence-electron chi connectivity index (χ0n) is 10.6. The van der Waals surface area contributed by atoms with Crippen LogP contribution >= 0.6 is 12.4 Å². The lowest BCUT2D eigenvalue weighted by molar-refractivity contribution is 0.102. The summed E-state index contributed by atoms with van der Waals surface area (Å²) in [5.41, 5.74) is 2.85. The van der Waals surface area contributed by atoms with Gasteiger partial charge in [0.15, 0.2) is 5.69 Å². The molecule has 0 radical (unpaired) electrons. The molecule has 3 N–H and O–H groups in total. The molecule has 0 fully saturated rings. The highest BCUT2D eigenvalue weighted by Gasteiger charge is 2.21. The molecular formula is C13H14ClFN4O. The number of H-pyrrole nitrogens is 1. The monoisotopic (exact) mass is 296 g/mol. The number of benzene rings is 1. The SMILES string of the molecule is Cl.O=C(Nc1ccc(F)cc1)c1n[nH]c2c1CNCC2. The van der Waals surface area contributed by atoms with Crippen molar-refractivity contribution in [2.24, 2.45) is 0 Å². The van der Waals surface area contributed by atoms with Crippen LogP contribution in [0.3, 0.4) is 0 Å². The first-order valence-electron chi connectivity index (χ1n) is 6.08. The maximum atomic E-state index is 12.8. The molecule has 3 rings (SSSR count). The van der Waals surface area contributed by atoms with E-state index < -0.39 is 0 Å². The molecule has 0 atom stereocenters. The van der Waals surface area contributed by atoms with Crippen LogP contribution in [0.5, 0.6) is 0 Å². The molecule has 2 heterocycles. The van der Waals surface area contributed by atoms with Gasteiger partial charge in [0.25, 0.3) is 5.91 Å². The number of nitrogens with zero attached hydrogens (tertiary/aromatic N) is 1. The van der Waals surface area contributed by atoms with Crippen molar-refractivity contribution in [1.82, 2.24) is 15.5 Å². The summed E-state index contributed by atoms with van der Waals surface area (Å²) in [6.07, 6.45) is 0.839. The van der Waals surface area contributed by atoms with Crippen LogP contribution in [-0.2, 0) is 13.0 Å². The summed E-state index contributed by atoms with van der Waals surface area (Å²) in [6, 6.07) is 5.64. The second kappa shape index (κ2) is 6.02. The summed E-state index contributed by atoms with van der Waals surface area (Å²) in [5.74, 6) is -0.618. The molecule has 0 bridgehead atoms. The third-order valence-electron chi connectivity index (χ3n) is 3.12. The molecule has 5 nitrogen and oxygen atoms in total. The Morgan fingerprint density at radius 1 is 1.30 bits per heavy atom. The molecule has 0 aliphatic carbocycles. The van der Waals surface area contributed by atoms with Crippen molar-refractivity contribution < 1.29 is 9.18 Å². The number of hydrogen-bond acceptors (Lipinski definition) is 3. The Bertz CT molecular complexity index is 611. The summed E-state index contributed by atoms with van der Waals surface area (Å²) in [6.45, 7) is 1.52. The number of carbonyl (C=O) groups excluding carboxylic acids is 1. The lowest BCUT2D eigenvalue weighted by Crippen LogP contribution is -2.25. The fourth-order valence-corrected chi connectivity index (χ4v) is 2.14. The summed E-state index contributed by atoms with van der Waals surface area (Å²) in [5, 5.41) is 12.9. The van der Waals surface area contributed by atoms with Crippen molar-refractivity contribution in [2.45, 2.75) is 13.0 Å². The second-order valence-corrected chi connectivity index (χ2v) is 4.42. The van der Waals surface area contributed by atoms with Crippen LogP contribution in [0.25, 0.3) is 0 Å². The van der Waals surface area contributed by atoms with Gasteiger partial charge in [0.05, 0.1) is 0 Å². The largest absolute Gasteiger partial charge is 0.321 e. The van der Waals surface area contributed by atoms with E-state index in [1.54, 1.807) is 0 Å². The molecule has 1 amide bonds. The van der Waals surface area contributed by atoms with Gasteiger partial charge in [-0.3, -0.25) is 9.89 Å². The minimum Gasteiger partial charge on any atom is -0.321 e. The average Bonchev–Trinajstić information content (AvgIpc) is 2.85. The third-order valence-corrected chi connectivity index (χ3v) is 3.12. The van der Waals surface area contributed by atoms with Crippen LogP contribution in [0.4, 0.5) is 10.1 Å². The van der Waals surface area contributed by atoms with Crippen molar-refractivity contribution in [3.63, 3.8) is 0 Å². The number of nitrogens with one attached hydrogen (secondary N) is 3. The van der Waals surface area contributed by atoms with Gasteiger partial charge < -0.3 is 10.6 Å². The molecule has 0 spiro atoms. The number of aromatic amines is 1. The maximum Gasteiger partial charge on any atom is 0.276 e. The normalized spacial score (nSPS) is 13.2. The molecule has 1 aliphatic rings. The topological polar surface area (TPSA) is 69.8 Å². The van der Waals surface area contributed by atoms with Gasteiger partial charge in [-0.25, -0.2) is 4.39 Å². The minimum absolute atomic E-state index is 0. The molecule has 20 heavy (non-hydrogen) atoms. The highest BCUT2D eigenvalue weighted by molar-refractivity contribution is 6.04. The van der Waals surface area contributed by atoms with E-state index in [1.165, 1.54) is 24.3 Å². The molecule has 0 saturated heterocycles. The van der Waals surface area contributed by atoms with Gasteiger partial charge in [-0.1, -0.05) is 0 Å². The predicted molar refractivity (Wildman–Crippen MR) is 75.6 cm³/mol. The Morgan fingerprint density at radius 2 is 2.05 bits per heavy atom. The van der Waals surface area contributed by atoms with Crippen molar-refractivity contribution in [2.75, 3.05) is 11.9 Å². The number of fused-ring (bicyclic) bond motifs is 1. The zero-order valence-corrected chi connectivity index (χ0v) is 11.4. The van der Waals surface area contributed by atoms with E-state index in [0.29, 0.717) is 17.9 Å². The first kappa shape index (κ1) is 14.5. The number of halogens is 2. The van der Waals surface area contributed by atoms with Gasteiger partial charge in [0.1, 0.15) is 5.82 Å². The first-order chi connectivity index (χ1) is 9.24. The number of rotatable bonds is 2. The number of anilines is 1. The molecule has 0 saturated carbocycles. The molecule has 1 aromatic carbocycles. The van der Waals surface area contributed by atoms with E-state index in [2.05, 4.69) is 20.8 Å². The molecule has 7 heteroatoms. The lowest BCUT2D eigenvalue weighted by Gasteiger charge is -2.12. The number of carbonyl (C=O) groups is 1. The van der Waals surface area contributed by atoms with Gasteiger partial charge in [-0.2, -0.15) is 5.10 Å². The quantitative estimate of drug-likeness (QED) is 0.792. The van der Waals surface area contributed by atoms with Crippen molar-refractivity contribution in [1.29, 1.82) is 0 Å². The van der Waals surface area contributed by atoms with E-state index in [-0.39, 0.29) is 24.1 Å². The van der Waals surface area contributed by atoms with Gasteiger partial charge in [0, 0.05) is 36.5 Å². The fourth-order valence-electron chi connectivity index (χ4n) is 2.14. The Kier molecular flexibility index (Phi) is 4.36. The standard InChI is InChI=1S/C13H13FN4O.ClH/c14-8-1-3-9(4-2-8)16-13(19)12-10-7-15-6-5-11(10)17-18-12;/h1-4,15H,5-7H2,(H,16,19)(H,17,18);1H. The Labute approximate surface area is 121 Å². The molecule has 1 aromatic heterocycles. The van der Waals surface area contributed by atoms with E-state index in [0.717, 1.165) is 24.2 Å². The highest BCUT2D eigenvalue weighted by atomic mass is 35.5. The van der Waals surface area contributed by atoms with Crippen molar-refractivity contribution in [3.05, 3.63) is 47.0 Å². The van der Waals surface area contributed by atoms with Crippen LogP contribution in [0, 0.1) is 5.82 Å². The lowest BCUT2D eigenvalue weighted by atomic mass is 10.1. The predicted octanol–water partition coefficient (Wildman–Crippen LogP) is 1.87. The van der Waals surface area contributed by atoms with E-state index in [1.807, 2.05) is 0 Å². The Morgan fingerprint density at radius 3 is 2.80 bits per heavy atom. The number of amides is 1. The highest BCUT2D eigenvalue weighted by Crippen LogP contribution is 2.17. The van der Waals surface area contributed by atoms with Crippen LogP contribution in [-0.4, -0.2) is 22.6 Å². The molecule has 1 aliphatic heterocycles. The van der Waals surface area contributed by atoms with Crippen LogP contribution < -0.4 is 10.6 Å². The van der Waals surface area contributed by atoms with Crippen molar-refractivity contribution in [3.8, 4) is 0 Å². The fraction of sp³-hybridized carbons (Fsp3) is 0.231. The number of hydrogen-bond donors (Lipinski definition) is 3. The summed E-state index contributed by atoms with van der Waals surface area (Å²) >= 11 is 0. The average molecular weight is 297 g/mol. The zero-order chi connectivity index (χ0) is 13.2. The van der Waals surface area contributed by atoms with E-state index in [4.69, 9.17) is 0 Å². The van der Waals surface area contributed by atoms with Crippen LogP contribution in [0.2, 0.25) is 0 Å². The van der Waals surface area contributed by atoms with Crippen LogP contribution in [0.1, 0.15) is 21.7 Å². The van der Waals surface area contributed by atoms with Gasteiger partial charge in [-0.15, -0.1) is 12.4 Å². The molecule has 2 aromatic rings. The Hall–Kier alpha value is -1.92. The van der Waals surface area contributed by atoms with Gasteiger partial charge >= 0.3 is 0 Å². The molecular weight excluding hydrogens is 283 g/mol. The first-order valence-corrected chi connectivity index (χ1v) is 6.08. The number of aromatic nitrogens is 2.